The largest absolute Gasteiger partial charge is 0.507 e. The normalized spacial score (nSPS) is 21.2. The molecule has 2 aromatic rings. The highest BCUT2D eigenvalue weighted by atomic mass is 16.5. The fourth-order valence-electron chi connectivity index (χ4n) is 5.15. The van der Waals surface area contributed by atoms with E-state index in [4.69, 9.17) is 4.74 Å². The van der Waals surface area contributed by atoms with E-state index in [0.717, 1.165) is 49.0 Å². The predicted molar refractivity (Wildman–Crippen MR) is 132 cm³/mol. The Morgan fingerprint density at radius 3 is 2.50 bits per heavy atom. The topological polar surface area (TPSA) is 79.7 Å². The Hall–Kier alpha value is -3.15. The van der Waals surface area contributed by atoms with Crippen molar-refractivity contribution in [2.24, 2.45) is 0 Å². The highest BCUT2D eigenvalue weighted by Gasteiger charge is 2.49. The maximum atomic E-state index is 13.4. The van der Waals surface area contributed by atoms with Crippen LogP contribution >= 0.6 is 0 Å². The van der Waals surface area contributed by atoms with Crippen LogP contribution in [-0.2, 0) is 15.0 Å². The Bertz CT molecular complexity index is 1100. The van der Waals surface area contributed by atoms with Crippen LogP contribution in [0.2, 0.25) is 0 Å². The maximum Gasteiger partial charge on any atom is 0.295 e. The van der Waals surface area contributed by atoms with Gasteiger partial charge in [-0.2, -0.15) is 0 Å². The second-order valence-electron chi connectivity index (χ2n) is 10.2. The van der Waals surface area contributed by atoms with Gasteiger partial charge in [-0.15, -0.1) is 0 Å². The van der Waals surface area contributed by atoms with E-state index in [0.29, 0.717) is 12.2 Å². The number of hydrogen-bond donors (Lipinski definition) is 1. The molecule has 1 aromatic carbocycles. The van der Waals surface area contributed by atoms with Crippen LogP contribution in [0, 0.1) is 0 Å². The molecule has 0 bridgehead atoms. The van der Waals surface area contributed by atoms with Gasteiger partial charge in [0.1, 0.15) is 11.5 Å². The van der Waals surface area contributed by atoms with Gasteiger partial charge in [-0.1, -0.05) is 46.1 Å². The predicted octanol–water partition coefficient (Wildman–Crippen LogP) is 5.53. The standard InChI is InChI=1S/C28H34N2O4/c1-5-34-22-14-13-18(16-21(22)28(2,3)4)25(31)23-24(19-10-9-15-29-17-19)30(27(33)26(23)32)20-11-7-6-8-12-20/h9-10,13-17,20,24,31H,5-8,11-12H2,1-4H3/b25-23-. The van der Waals surface area contributed by atoms with Crippen molar-refractivity contribution in [1.29, 1.82) is 0 Å². The van der Waals surface area contributed by atoms with Crippen LogP contribution < -0.4 is 4.74 Å². The third kappa shape index (κ3) is 4.46. The summed E-state index contributed by atoms with van der Waals surface area (Å²) in [6, 6.07) is 8.44. The molecule has 180 valence electrons. The molecule has 1 N–H and O–H groups in total. The first-order valence-electron chi connectivity index (χ1n) is 12.2. The number of amides is 1. The molecule has 0 radical (unpaired) electrons. The number of hydrogen-bond acceptors (Lipinski definition) is 5. The number of aliphatic hydroxyl groups excluding tert-OH is 1. The lowest BCUT2D eigenvalue weighted by molar-refractivity contribution is -0.141. The average Bonchev–Trinajstić information content (AvgIpc) is 3.10. The van der Waals surface area contributed by atoms with Gasteiger partial charge in [0.15, 0.2) is 0 Å². The molecule has 4 rings (SSSR count). The van der Waals surface area contributed by atoms with Gasteiger partial charge in [0.25, 0.3) is 11.7 Å². The molecule has 1 saturated carbocycles. The van der Waals surface area contributed by atoms with Crippen LogP contribution in [0.3, 0.4) is 0 Å². The summed E-state index contributed by atoms with van der Waals surface area (Å²) in [5.41, 5.74) is 2.06. The van der Waals surface area contributed by atoms with E-state index in [2.05, 4.69) is 25.8 Å². The van der Waals surface area contributed by atoms with E-state index in [9.17, 15) is 14.7 Å². The first-order valence-corrected chi connectivity index (χ1v) is 12.2. The molecule has 1 unspecified atom stereocenters. The summed E-state index contributed by atoms with van der Waals surface area (Å²) in [6.45, 7) is 8.69. The molecule has 1 aromatic heterocycles. The zero-order valence-electron chi connectivity index (χ0n) is 20.5. The monoisotopic (exact) mass is 462 g/mol. The van der Waals surface area contributed by atoms with Crippen molar-refractivity contribution in [1.82, 2.24) is 9.88 Å². The number of likely N-dealkylation sites (tertiary alicyclic amines) is 1. The summed E-state index contributed by atoms with van der Waals surface area (Å²) in [6.07, 6.45) is 8.27. The number of nitrogens with zero attached hydrogens (tertiary/aromatic N) is 2. The lowest BCUT2D eigenvalue weighted by atomic mass is 9.84. The third-order valence-electron chi connectivity index (χ3n) is 6.81. The molecular weight excluding hydrogens is 428 g/mol. The number of carbonyl (C=O) groups excluding carboxylic acids is 2. The van der Waals surface area contributed by atoms with Crippen molar-refractivity contribution in [3.63, 3.8) is 0 Å². The zero-order valence-corrected chi connectivity index (χ0v) is 20.5. The molecule has 0 spiro atoms. The molecule has 1 atom stereocenters. The lowest BCUT2D eigenvalue weighted by Gasteiger charge is -2.35. The number of ether oxygens (including phenoxy) is 1. The van der Waals surface area contributed by atoms with Gasteiger partial charge < -0.3 is 14.7 Å². The Labute approximate surface area is 201 Å². The molecule has 1 amide bonds. The SMILES string of the molecule is CCOc1ccc(/C(O)=C2/C(=O)C(=O)N(C3CCCCC3)C2c2cccnc2)cc1C(C)(C)C. The number of pyridine rings is 1. The zero-order chi connectivity index (χ0) is 24.5. The van der Waals surface area contributed by atoms with Crippen molar-refractivity contribution in [3.8, 4) is 5.75 Å². The summed E-state index contributed by atoms with van der Waals surface area (Å²) >= 11 is 0. The van der Waals surface area contributed by atoms with Gasteiger partial charge in [0.2, 0.25) is 0 Å². The van der Waals surface area contributed by atoms with E-state index in [1.54, 1.807) is 29.4 Å². The highest BCUT2D eigenvalue weighted by molar-refractivity contribution is 6.46. The van der Waals surface area contributed by atoms with E-state index < -0.39 is 17.7 Å². The smallest absolute Gasteiger partial charge is 0.295 e. The molecule has 1 aliphatic carbocycles. The van der Waals surface area contributed by atoms with Crippen LogP contribution in [0.25, 0.3) is 5.76 Å². The summed E-state index contributed by atoms with van der Waals surface area (Å²) < 4.78 is 5.81. The molecule has 1 aliphatic heterocycles. The Morgan fingerprint density at radius 1 is 1.15 bits per heavy atom. The molecule has 34 heavy (non-hydrogen) atoms. The number of carbonyl (C=O) groups is 2. The summed E-state index contributed by atoms with van der Waals surface area (Å²) in [5, 5.41) is 11.5. The van der Waals surface area contributed by atoms with Crippen LogP contribution in [0.15, 0.2) is 48.3 Å². The van der Waals surface area contributed by atoms with Crippen molar-refractivity contribution < 1.29 is 19.4 Å². The average molecular weight is 463 g/mol. The van der Waals surface area contributed by atoms with Crippen LogP contribution in [0.1, 0.15) is 82.5 Å². The highest BCUT2D eigenvalue weighted by Crippen LogP contribution is 2.43. The van der Waals surface area contributed by atoms with Gasteiger partial charge in [-0.25, -0.2) is 0 Å². The summed E-state index contributed by atoms with van der Waals surface area (Å²) in [5.74, 6) is -0.579. The van der Waals surface area contributed by atoms with Gasteiger partial charge >= 0.3 is 0 Å². The third-order valence-corrected chi connectivity index (χ3v) is 6.81. The Balaban J connectivity index is 1.87. The van der Waals surface area contributed by atoms with Crippen molar-refractivity contribution in [2.75, 3.05) is 6.61 Å². The molecule has 1 saturated heterocycles. The minimum atomic E-state index is -0.651. The van der Waals surface area contributed by atoms with Crippen LogP contribution in [0.4, 0.5) is 0 Å². The first-order chi connectivity index (χ1) is 16.2. The van der Waals surface area contributed by atoms with Gasteiger partial charge in [0, 0.05) is 29.6 Å². The van der Waals surface area contributed by atoms with Crippen molar-refractivity contribution in [3.05, 3.63) is 65.0 Å². The molecule has 2 aliphatic rings. The number of benzene rings is 1. The fourth-order valence-corrected chi connectivity index (χ4v) is 5.15. The maximum absolute atomic E-state index is 13.4. The second kappa shape index (κ2) is 9.61. The summed E-state index contributed by atoms with van der Waals surface area (Å²) in [7, 11) is 0. The summed E-state index contributed by atoms with van der Waals surface area (Å²) in [4.78, 5) is 32.6. The molecule has 6 nitrogen and oxygen atoms in total. The van der Waals surface area contributed by atoms with E-state index in [1.165, 1.54) is 0 Å². The molecular formula is C28H34N2O4. The molecule has 2 heterocycles. The number of aromatic nitrogens is 1. The first kappa shape index (κ1) is 24.0. The van der Waals surface area contributed by atoms with Crippen molar-refractivity contribution in [2.45, 2.75) is 77.3 Å². The Morgan fingerprint density at radius 2 is 1.88 bits per heavy atom. The minimum absolute atomic E-state index is 0.0221. The van der Waals surface area contributed by atoms with Crippen LogP contribution in [0.5, 0.6) is 5.75 Å². The van der Waals surface area contributed by atoms with Gasteiger partial charge in [0.05, 0.1) is 18.2 Å². The minimum Gasteiger partial charge on any atom is -0.507 e. The lowest BCUT2D eigenvalue weighted by Crippen LogP contribution is -2.40. The van der Waals surface area contributed by atoms with E-state index >= 15 is 0 Å². The quantitative estimate of drug-likeness (QED) is 0.359. The van der Waals surface area contributed by atoms with E-state index in [1.807, 2.05) is 25.1 Å². The number of Topliss-reactive ketones (excluding diaryl/α,β-unsaturated/α-hetero) is 1. The van der Waals surface area contributed by atoms with Gasteiger partial charge in [-0.3, -0.25) is 14.6 Å². The Kier molecular flexibility index (Phi) is 6.78. The van der Waals surface area contributed by atoms with E-state index in [-0.39, 0.29) is 22.8 Å². The number of aliphatic hydroxyl groups is 1. The number of ketones is 1. The second-order valence-corrected chi connectivity index (χ2v) is 10.2. The molecule has 6 heteroatoms. The van der Waals surface area contributed by atoms with Gasteiger partial charge in [-0.05, 0) is 55.0 Å². The fraction of sp³-hybridized carbons (Fsp3) is 0.464. The van der Waals surface area contributed by atoms with Crippen molar-refractivity contribution >= 4 is 17.4 Å². The van der Waals surface area contributed by atoms with Crippen LogP contribution in [-0.4, -0.2) is 39.3 Å². The molecule has 2 fully saturated rings. The number of rotatable bonds is 5.